The monoisotopic (exact) mass is 785 g/mol. The molecule has 15 nitrogen and oxygen atoms in total. The van der Waals surface area contributed by atoms with Crippen LogP contribution in [0.3, 0.4) is 0 Å². The average molecular weight is 786 g/mol. The van der Waals surface area contributed by atoms with Gasteiger partial charge in [0.25, 0.3) is 11.4 Å². The van der Waals surface area contributed by atoms with Crippen molar-refractivity contribution in [2.45, 2.75) is 40.2 Å². The van der Waals surface area contributed by atoms with Crippen molar-refractivity contribution in [1.82, 2.24) is 14.7 Å². The number of hydrogen-bond acceptors (Lipinski definition) is 12. The fraction of sp³-hybridized carbons (Fsp3) is 0.548. The van der Waals surface area contributed by atoms with E-state index >= 15 is 0 Å². The number of nitro groups is 2. The molecule has 3 spiro atoms. The summed E-state index contributed by atoms with van der Waals surface area (Å²) in [6.07, 6.45) is -0.253. The zero-order valence-corrected chi connectivity index (χ0v) is 34.5. The predicted molar refractivity (Wildman–Crippen MR) is 225 cm³/mol. The molecular formula is C42H59N9O6. The van der Waals surface area contributed by atoms with E-state index in [1.54, 1.807) is 29.2 Å². The lowest BCUT2D eigenvalue weighted by Gasteiger charge is -2.60. The number of rotatable bonds is 5. The maximum atomic E-state index is 11.9. The molecule has 2 N–H and O–H groups in total. The highest BCUT2D eigenvalue weighted by Crippen LogP contribution is 2.44. The summed E-state index contributed by atoms with van der Waals surface area (Å²) in [6.45, 7) is 22.2. The van der Waals surface area contributed by atoms with Gasteiger partial charge in [-0.25, -0.2) is 4.79 Å². The summed E-state index contributed by atoms with van der Waals surface area (Å²) in [5, 5.41) is 21.2. The van der Waals surface area contributed by atoms with Gasteiger partial charge in [0.05, 0.1) is 9.85 Å². The highest BCUT2D eigenvalue weighted by Gasteiger charge is 2.54. The van der Waals surface area contributed by atoms with E-state index in [1.807, 2.05) is 58.9 Å². The van der Waals surface area contributed by atoms with Gasteiger partial charge in [0, 0.05) is 142 Å². The first-order chi connectivity index (χ1) is 26.9. The van der Waals surface area contributed by atoms with Crippen LogP contribution in [0.5, 0.6) is 0 Å². The van der Waals surface area contributed by atoms with Crippen molar-refractivity contribution in [3.8, 4) is 0 Å². The molecule has 15 heteroatoms. The summed E-state index contributed by atoms with van der Waals surface area (Å²) in [7, 11) is 4.33. The van der Waals surface area contributed by atoms with E-state index in [2.05, 4.69) is 50.7 Å². The number of hydrogen-bond donors (Lipinski definition) is 1. The van der Waals surface area contributed by atoms with Gasteiger partial charge in [-0.1, -0.05) is 13.8 Å². The Bertz CT molecular complexity index is 1860. The normalized spacial score (nSPS) is 20.6. The number of ether oxygens (including phenoxy) is 1. The van der Waals surface area contributed by atoms with Gasteiger partial charge in [-0.05, 0) is 83.4 Å². The van der Waals surface area contributed by atoms with Crippen LogP contribution in [0, 0.1) is 36.5 Å². The minimum Gasteiger partial charge on any atom is -0.444 e. The molecule has 9 rings (SSSR count). The molecular weight excluding hydrogens is 727 g/mol. The number of nitrogens with two attached hydrogens (primary N) is 1. The number of carbonyl (C=O) groups is 1. The molecule has 0 unspecified atom stereocenters. The second-order valence-corrected chi connectivity index (χ2v) is 17.9. The number of nitrogen functional groups attached to an aromatic ring is 1. The summed E-state index contributed by atoms with van der Waals surface area (Å²) in [4.78, 5) is 45.8. The van der Waals surface area contributed by atoms with Crippen molar-refractivity contribution in [3.05, 3.63) is 93.0 Å². The maximum Gasteiger partial charge on any atom is 0.410 e. The van der Waals surface area contributed by atoms with Crippen LogP contribution in [-0.4, -0.2) is 129 Å². The highest BCUT2D eigenvalue weighted by atomic mass is 16.6. The van der Waals surface area contributed by atoms with E-state index in [4.69, 9.17) is 10.5 Å². The number of benzene rings is 3. The zero-order valence-electron chi connectivity index (χ0n) is 34.5. The molecule has 6 heterocycles. The number of nitro benzene ring substituents is 2. The fourth-order valence-electron chi connectivity index (χ4n) is 9.11. The largest absolute Gasteiger partial charge is 0.444 e. The standard InChI is InChI=1S/C16H21N3O4.C12H15N3O2.C12H17N3.C2H6/c1-15(2,3)23-14(20)18-10-16(11-18)8-17(9-16)12-4-6-13(7-5-12)19(21)22;1-13-6-12(7-13)8-14(9-12)10-2-4-11(5-3-10)15(16)17;1-14-6-12(7-14)8-15(9-12)11-4-2-10(13)3-5-11;1-2/h4-7H,8-11H2,1-3H3;2-5H,6-9H2,1H3;2-5H,6-9,13H2,1H3;1-2H3. The summed E-state index contributed by atoms with van der Waals surface area (Å²) in [5.74, 6) is 0. The number of carbonyl (C=O) groups excluding carboxylic acids is 1. The Balaban J connectivity index is 0.000000145. The van der Waals surface area contributed by atoms with Gasteiger partial charge in [0.1, 0.15) is 5.60 Å². The van der Waals surface area contributed by atoms with Gasteiger partial charge < -0.3 is 39.9 Å². The minimum atomic E-state index is -0.468. The molecule has 3 aromatic carbocycles. The van der Waals surface area contributed by atoms with Crippen LogP contribution in [-0.2, 0) is 4.74 Å². The zero-order chi connectivity index (χ0) is 41.3. The molecule has 3 aromatic rings. The molecule has 0 aliphatic carbocycles. The fourth-order valence-corrected chi connectivity index (χ4v) is 9.11. The highest BCUT2D eigenvalue weighted by molar-refractivity contribution is 5.70. The van der Waals surface area contributed by atoms with E-state index in [1.165, 1.54) is 57.1 Å². The van der Waals surface area contributed by atoms with Gasteiger partial charge in [0.15, 0.2) is 0 Å². The average Bonchev–Trinajstić information content (AvgIpc) is 3.07. The van der Waals surface area contributed by atoms with Crippen molar-refractivity contribution in [2.75, 3.05) is 113 Å². The molecule has 0 bridgehead atoms. The third-order valence-corrected chi connectivity index (χ3v) is 11.4. The van der Waals surface area contributed by atoms with Crippen LogP contribution >= 0.6 is 0 Å². The first kappa shape index (κ1) is 41.5. The van der Waals surface area contributed by atoms with Crippen LogP contribution in [0.1, 0.15) is 34.6 Å². The van der Waals surface area contributed by atoms with Crippen LogP contribution in [0.25, 0.3) is 0 Å². The summed E-state index contributed by atoms with van der Waals surface area (Å²) in [6, 6.07) is 21.6. The van der Waals surface area contributed by atoms with E-state index in [0.717, 1.165) is 43.2 Å². The van der Waals surface area contributed by atoms with Gasteiger partial charge in [0.2, 0.25) is 0 Å². The van der Waals surface area contributed by atoms with Gasteiger partial charge in [-0.15, -0.1) is 0 Å². The summed E-state index contributed by atoms with van der Waals surface area (Å²) >= 11 is 0. The number of likely N-dealkylation sites (tertiary alicyclic amines) is 3. The summed E-state index contributed by atoms with van der Waals surface area (Å²) in [5.41, 5.74) is 10.9. The van der Waals surface area contributed by atoms with Crippen molar-refractivity contribution < 1.29 is 19.4 Å². The molecule has 0 atom stereocenters. The first-order valence-electron chi connectivity index (χ1n) is 19.9. The predicted octanol–water partition coefficient (Wildman–Crippen LogP) is 6.05. The number of anilines is 4. The Hall–Kier alpha value is -5.15. The van der Waals surface area contributed by atoms with Crippen LogP contribution in [0.2, 0.25) is 0 Å². The van der Waals surface area contributed by atoms with E-state index in [0.29, 0.717) is 23.9 Å². The van der Waals surface area contributed by atoms with Crippen molar-refractivity contribution in [3.63, 3.8) is 0 Å². The first-order valence-corrected chi connectivity index (χ1v) is 19.9. The van der Waals surface area contributed by atoms with E-state index in [-0.39, 0.29) is 27.8 Å². The molecule has 0 radical (unpaired) electrons. The van der Waals surface area contributed by atoms with Crippen LogP contribution in [0.15, 0.2) is 72.8 Å². The van der Waals surface area contributed by atoms with Crippen molar-refractivity contribution >= 4 is 40.2 Å². The third kappa shape index (κ3) is 9.36. The lowest BCUT2D eigenvalue weighted by Crippen LogP contribution is -2.73. The number of amides is 1. The molecule has 6 fully saturated rings. The van der Waals surface area contributed by atoms with Crippen molar-refractivity contribution in [2.24, 2.45) is 16.2 Å². The molecule has 1 amide bonds. The SMILES string of the molecule is CC.CC(C)(C)OC(=O)N1CC2(C1)CN(c1ccc([N+](=O)[O-])cc1)C2.CN1CC2(C1)CN(c1ccc(N)cc1)C2.CN1CC2(C1)CN(c1ccc([N+](=O)[O-])cc1)C2. The molecule has 6 saturated heterocycles. The summed E-state index contributed by atoms with van der Waals surface area (Å²) < 4.78 is 5.36. The molecule has 57 heavy (non-hydrogen) atoms. The Morgan fingerprint density at radius 1 is 0.579 bits per heavy atom. The van der Waals surface area contributed by atoms with E-state index in [9.17, 15) is 25.0 Å². The van der Waals surface area contributed by atoms with Crippen molar-refractivity contribution in [1.29, 1.82) is 0 Å². The quantitative estimate of drug-likeness (QED) is 0.182. The van der Waals surface area contributed by atoms with Crippen LogP contribution in [0.4, 0.5) is 38.9 Å². The Morgan fingerprint density at radius 3 is 1.16 bits per heavy atom. The van der Waals surface area contributed by atoms with Gasteiger partial charge in [-0.2, -0.15) is 0 Å². The van der Waals surface area contributed by atoms with Gasteiger partial charge in [-0.3, -0.25) is 20.2 Å². The Morgan fingerprint density at radius 2 is 0.877 bits per heavy atom. The second-order valence-electron chi connectivity index (χ2n) is 17.9. The molecule has 6 aliphatic rings. The topological polar surface area (TPSA) is 158 Å². The lowest BCUT2D eigenvalue weighted by atomic mass is 9.73. The third-order valence-electron chi connectivity index (χ3n) is 11.4. The Labute approximate surface area is 336 Å². The molecule has 0 aromatic heterocycles. The van der Waals surface area contributed by atoms with E-state index < -0.39 is 10.5 Å². The molecule has 0 saturated carbocycles. The maximum absolute atomic E-state index is 11.9. The molecule has 6 aliphatic heterocycles. The smallest absolute Gasteiger partial charge is 0.410 e. The Kier molecular flexibility index (Phi) is 11.6. The number of non-ortho nitro benzene ring substituents is 2. The lowest BCUT2D eigenvalue weighted by molar-refractivity contribution is -0.385. The van der Waals surface area contributed by atoms with Crippen LogP contribution < -0.4 is 20.4 Å². The second kappa shape index (κ2) is 16.0. The molecule has 308 valence electrons. The minimum absolute atomic E-state index is 0.101. The van der Waals surface area contributed by atoms with Gasteiger partial charge >= 0.3 is 6.09 Å². The number of nitrogens with zero attached hydrogens (tertiary/aromatic N) is 8.